The second-order valence-corrected chi connectivity index (χ2v) is 5.58. The molecule has 3 nitrogen and oxygen atoms in total. The third kappa shape index (κ3) is 3.22. The quantitative estimate of drug-likeness (QED) is 0.859. The third-order valence-corrected chi connectivity index (χ3v) is 3.83. The zero-order chi connectivity index (χ0) is 14.0. The Morgan fingerprint density at radius 1 is 1.26 bits per heavy atom. The van der Waals surface area contributed by atoms with Gasteiger partial charge in [0.25, 0.3) is 0 Å². The van der Waals surface area contributed by atoms with Gasteiger partial charge < -0.3 is 10.6 Å². The summed E-state index contributed by atoms with van der Waals surface area (Å²) in [5.74, 6) is -0.299. The first kappa shape index (κ1) is 14.2. The molecule has 1 aromatic carbocycles. The topological polar surface area (TPSA) is 32.5 Å². The molecule has 0 unspecified atom stereocenters. The Kier molecular flexibility index (Phi) is 4.37. The highest BCUT2D eigenvalue weighted by Crippen LogP contribution is 2.23. The zero-order valence-electron chi connectivity index (χ0n) is 11.4. The number of halogens is 1. The Labute approximate surface area is 119 Å². The monoisotopic (exact) mass is 281 g/mol. The van der Waals surface area contributed by atoms with Gasteiger partial charge in [-0.05, 0) is 32.0 Å². The number of piperazine rings is 1. The van der Waals surface area contributed by atoms with Crippen LogP contribution >= 0.6 is 12.2 Å². The molecule has 0 atom stereocenters. The standard InChI is InChI=1S/C14H20FN3S/c1-10(2)17-5-7-18(8-6-17)13-4-3-11(15)9-12(13)14(16)19/h3-4,9-10H,5-8H2,1-2H3,(H2,16,19). The van der Waals surface area contributed by atoms with Crippen LogP contribution in [0.2, 0.25) is 0 Å². The van der Waals surface area contributed by atoms with Crippen LogP contribution in [0.3, 0.4) is 0 Å². The minimum absolute atomic E-state index is 0.251. The maximum absolute atomic E-state index is 13.3. The van der Waals surface area contributed by atoms with Crippen LogP contribution < -0.4 is 10.6 Å². The number of anilines is 1. The lowest BCUT2D eigenvalue weighted by Gasteiger charge is -2.38. The lowest BCUT2D eigenvalue weighted by Crippen LogP contribution is -2.49. The molecule has 2 N–H and O–H groups in total. The summed E-state index contributed by atoms with van der Waals surface area (Å²) < 4.78 is 13.3. The normalized spacial score (nSPS) is 16.9. The summed E-state index contributed by atoms with van der Waals surface area (Å²) in [4.78, 5) is 4.91. The zero-order valence-corrected chi connectivity index (χ0v) is 12.2. The largest absolute Gasteiger partial charge is 0.389 e. The number of rotatable bonds is 3. The summed E-state index contributed by atoms with van der Waals surface area (Å²) in [6.45, 7) is 8.25. The number of nitrogens with two attached hydrogens (primary N) is 1. The van der Waals surface area contributed by atoms with Crippen LogP contribution in [0.5, 0.6) is 0 Å². The minimum atomic E-state index is -0.299. The number of hydrogen-bond donors (Lipinski definition) is 1. The Bertz CT molecular complexity index is 468. The van der Waals surface area contributed by atoms with E-state index in [1.54, 1.807) is 6.07 Å². The second-order valence-electron chi connectivity index (χ2n) is 5.14. The van der Waals surface area contributed by atoms with Crippen molar-refractivity contribution < 1.29 is 4.39 Å². The summed E-state index contributed by atoms with van der Waals surface area (Å²) in [6, 6.07) is 5.22. The average molecular weight is 281 g/mol. The van der Waals surface area contributed by atoms with E-state index in [1.165, 1.54) is 12.1 Å². The van der Waals surface area contributed by atoms with E-state index in [0.717, 1.165) is 31.9 Å². The molecule has 0 radical (unpaired) electrons. The molecule has 1 saturated heterocycles. The smallest absolute Gasteiger partial charge is 0.124 e. The van der Waals surface area contributed by atoms with Gasteiger partial charge in [0.05, 0.1) is 0 Å². The third-order valence-electron chi connectivity index (χ3n) is 3.61. The van der Waals surface area contributed by atoms with Crippen LogP contribution in [0.15, 0.2) is 18.2 Å². The van der Waals surface area contributed by atoms with E-state index in [9.17, 15) is 4.39 Å². The fourth-order valence-corrected chi connectivity index (χ4v) is 2.62. The van der Waals surface area contributed by atoms with E-state index in [2.05, 4.69) is 23.6 Å². The van der Waals surface area contributed by atoms with E-state index < -0.39 is 0 Å². The van der Waals surface area contributed by atoms with Crippen LogP contribution in [-0.4, -0.2) is 42.1 Å². The predicted molar refractivity (Wildman–Crippen MR) is 81.2 cm³/mol. The van der Waals surface area contributed by atoms with Crippen molar-refractivity contribution in [1.29, 1.82) is 0 Å². The predicted octanol–water partition coefficient (Wildman–Crippen LogP) is 1.99. The molecule has 5 heteroatoms. The Balaban J connectivity index is 2.17. The first-order valence-electron chi connectivity index (χ1n) is 6.57. The fraction of sp³-hybridized carbons (Fsp3) is 0.500. The van der Waals surface area contributed by atoms with Crippen molar-refractivity contribution in [3.63, 3.8) is 0 Å². The molecule has 1 fully saturated rings. The van der Waals surface area contributed by atoms with Crippen molar-refractivity contribution in [3.05, 3.63) is 29.6 Å². The van der Waals surface area contributed by atoms with E-state index in [4.69, 9.17) is 18.0 Å². The molecular weight excluding hydrogens is 261 g/mol. The van der Waals surface area contributed by atoms with Gasteiger partial charge in [0, 0.05) is 43.5 Å². The van der Waals surface area contributed by atoms with Crippen molar-refractivity contribution in [2.24, 2.45) is 5.73 Å². The van der Waals surface area contributed by atoms with E-state index in [0.29, 0.717) is 11.6 Å². The average Bonchev–Trinajstić information content (AvgIpc) is 2.38. The minimum Gasteiger partial charge on any atom is -0.389 e. The molecule has 0 aliphatic carbocycles. The molecule has 1 aliphatic rings. The van der Waals surface area contributed by atoms with E-state index in [-0.39, 0.29) is 10.8 Å². The number of nitrogens with zero attached hydrogens (tertiary/aromatic N) is 2. The van der Waals surface area contributed by atoms with Crippen molar-refractivity contribution >= 4 is 22.9 Å². The molecule has 19 heavy (non-hydrogen) atoms. The SMILES string of the molecule is CC(C)N1CCN(c2ccc(F)cc2C(N)=S)CC1. The number of hydrogen-bond acceptors (Lipinski definition) is 3. The highest BCUT2D eigenvalue weighted by Gasteiger charge is 2.21. The summed E-state index contributed by atoms with van der Waals surface area (Å²) in [7, 11) is 0. The van der Waals surface area contributed by atoms with Crippen molar-refractivity contribution in [3.8, 4) is 0 Å². The molecule has 1 aliphatic heterocycles. The second kappa shape index (κ2) is 5.84. The van der Waals surface area contributed by atoms with Crippen molar-refractivity contribution in [1.82, 2.24) is 4.90 Å². The van der Waals surface area contributed by atoms with Crippen LogP contribution in [0.1, 0.15) is 19.4 Å². The molecule has 0 aromatic heterocycles. The number of benzene rings is 1. The summed E-state index contributed by atoms with van der Waals surface area (Å²) in [6.07, 6.45) is 0. The van der Waals surface area contributed by atoms with Gasteiger partial charge in [0.1, 0.15) is 10.8 Å². The van der Waals surface area contributed by atoms with Crippen LogP contribution in [0, 0.1) is 5.82 Å². The number of thiocarbonyl (C=S) groups is 1. The maximum atomic E-state index is 13.3. The first-order valence-corrected chi connectivity index (χ1v) is 6.98. The van der Waals surface area contributed by atoms with Crippen LogP contribution in [0.25, 0.3) is 0 Å². The molecule has 1 aromatic rings. The van der Waals surface area contributed by atoms with Gasteiger partial charge in [-0.15, -0.1) is 0 Å². The molecule has 0 saturated carbocycles. The summed E-state index contributed by atoms with van der Waals surface area (Å²) >= 11 is 5.02. The first-order chi connectivity index (χ1) is 8.99. The summed E-state index contributed by atoms with van der Waals surface area (Å²) in [5, 5.41) is 0. The van der Waals surface area contributed by atoms with Crippen LogP contribution in [-0.2, 0) is 0 Å². The molecule has 0 bridgehead atoms. The maximum Gasteiger partial charge on any atom is 0.124 e. The fourth-order valence-electron chi connectivity index (χ4n) is 2.46. The van der Waals surface area contributed by atoms with Gasteiger partial charge in [0.15, 0.2) is 0 Å². The van der Waals surface area contributed by atoms with Crippen molar-refractivity contribution in [2.75, 3.05) is 31.1 Å². The molecule has 2 rings (SSSR count). The van der Waals surface area contributed by atoms with Gasteiger partial charge in [-0.2, -0.15) is 0 Å². The molecule has 1 heterocycles. The molecule has 0 spiro atoms. The lowest BCUT2D eigenvalue weighted by atomic mass is 10.1. The van der Waals surface area contributed by atoms with Gasteiger partial charge in [-0.3, -0.25) is 4.90 Å². The Morgan fingerprint density at radius 3 is 2.42 bits per heavy atom. The van der Waals surface area contributed by atoms with Gasteiger partial charge >= 0.3 is 0 Å². The van der Waals surface area contributed by atoms with Gasteiger partial charge in [-0.25, -0.2) is 4.39 Å². The Hall–Kier alpha value is -1.20. The highest BCUT2D eigenvalue weighted by molar-refractivity contribution is 7.80. The summed E-state index contributed by atoms with van der Waals surface area (Å²) in [5.41, 5.74) is 7.27. The van der Waals surface area contributed by atoms with Crippen molar-refractivity contribution in [2.45, 2.75) is 19.9 Å². The molecule has 0 amide bonds. The molecular formula is C14H20FN3S. The van der Waals surface area contributed by atoms with Crippen LogP contribution in [0.4, 0.5) is 10.1 Å². The highest BCUT2D eigenvalue weighted by atomic mass is 32.1. The van der Waals surface area contributed by atoms with E-state index >= 15 is 0 Å². The Morgan fingerprint density at radius 2 is 1.89 bits per heavy atom. The molecule has 104 valence electrons. The van der Waals surface area contributed by atoms with Gasteiger partial charge in [-0.1, -0.05) is 12.2 Å². The van der Waals surface area contributed by atoms with E-state index in [1.807, 2.05) is 0 Å². The lowest BCUT2D eigenvalue weighted by molar-refractivity contribution is 0.209. The van der Waals surface area contributed by atoms with Gasteiger partial charge in [0.2, 0.25) is 0 Å².